The van der Waals surface area contributed by atoms with E-state index in [2.05, 4.69) is 16.9 Å². The van der Waals surface area contributed by atoms with Gasteiger partial charge in [-0.1, -0.05) is 13.3 Å². The maximum absolute atomic E-state index is 13.1. The predicted molar refractivity (Wildman–Crippen MR) is 103 cm³/mol. The first-order chi connectivity index (χ1) is 13.0. The molecule has 1 aromatic heterocycles. The number of amides is 2. The molecule has 7 nitrogen and oxygen atoms in total. The van der Waals surface area contributed by atoms with E-state index >= 15 is 0 Å². The quantitative estimate of drug-likeness (QED) is 0.805. The van der Waals surface area contributed by atoms with Gasteiger partial charge in [-0.15, -0.1) is 0 Å². The van der Waals surface area contributed by atoms with Gasteiger partial charge in [-0.05, 0) is 32.1 Å². The number of hydrogen-bond acceptors (Lipinski definition) is 4. The Morgan fingerprint density at radius 2 is 1.93 bits per heavy atom. The molecule has 2 amide bonds. The van der Waals surface area contributed by atoms with Gasteiger partial charge >= 0.3 is 0 Å². The topological polar surface area (TPSA) is 61.7 Å². The number of carbonyl (C=O) groups is 2. The zero-order chi connectivity index (χ0) is 19.0. The highest BCUT2D eigenvalue weighted by Gasteiger charge is 2.45. The minimum absolute atomic E-state index is 0.0694. The second kappa shape index (κ2) is 7.26. The molecule has 1 aliphatic carbocycles. The molecular weight excluding hydrogens is 342 g/mol. The first-order valence-electron chi connectivity index (χ1n) is 10.4. The third-order valence-electron chi connectivity index (χ3n) is 6.90. The fourth-order valence-electron chi connectivity index (χ4n) is 4.89. The van der Waals surface area contributed by atoms with Crippen LogP contribution in [0.15, 0.2) is 12.4 Å². The summed E-state index contributed by atoms with van der Waals surface area (Å²) in [5.41, 5.74) is 0.802. The Morgan fingerprint density at radius 3 is 2.48 bits per heavy atom. The van der Waals surface area contributed by atoms with E-state index in [9.17, 15) is 9.59 Å². The van der Waals surface area contributed by atoms with Crippen LogP contribution in [-0.4, -0.2) is 70.2 Å². The molecule has 0 N–H and O–H groups in total. The normalized spacial score (nSPS) is 26.1. The third kappa shape index (κ3) is 3.26. The molecule has 1 aromatic rings. The lowest BCUT2D eigenvalue weighted by Gasteiger charge is -2.47. The van der Waals surface area contributed by atoms with Crippen LogP contribution in [0.25, 0.3) is 0 Å². The zero-order valence-electron chi connectivity index (χ0n) is 16.6. The molecule has 27 heavy (non-hydrogen) atoms. The molecule has 0 aromatic carbocycles. The summed E-state index contributed by atoms with van der Waals surface area (Å²) in [5.74, 6) is 0.529. The van der Waals surface area contributed by atoms with Crippen molar-refractivity contribution in [1.82, 2.24) is 19.6 Å². The molecule has 1 atom stereocenters. The number of piperidine rings is 1. The van der Waals surface area contributed by atoms with Crippen LogP contribution >= 0.6 is 0 Å². The number of aryl methyl sites for hydroxylation is 1. The van der Waals surface area contributed by atoms with Crippen LogP contribution in [0, 0.1) is 5.41 Å². The van der Waals surface area contributed by atoms with Gasteiger partial charge in [0, 0.05) is 51.4 Å². The van der Waals surface area contributed by atoms with Crippen molar-refractivity contribution in [3.63, 3.8) is 0 Å². The fraction of sp³-hybridized carbons (Fsp3) is 0.750. The van der Waals surface area contributed by atoms with Crippen LogP contribution in [0.5, 0.6) is 0 Å². The minimum Gasteiger partial charge on any atom is -0.340 e. The van der Waals surface area contributed by atoms with Crippen molar-refractivity contribution in [3.8, 4) is 0 Å². The highest BCUT2D eigenvalue weighted by atomic mass is 16.2. The third-order valence-corrected chi connectivity index (χ3v) is 6.90. The summed E-state index contributed by atoms with van der Waals surface area (Å²) in [6.07, 6.45) is 9.80. The Morgan fingerprint density at radius 1 is 1.19 bits per heavy atom. The molecule has 148 valence electrons. The summed E-state index contributed by atoms with van der Waals surface area (Å²) in [5, 5.41) is 4.20. The van der Waals surface area contributed by atoms with Gasteiger partial charge in [-0.3, -0.25) is 19.2 Å². The number of hydrogen-bond donors (Lipinski definition) is 0. The first-order valence-corrected chi connectivity index (χ1v) is 10.4. The average Bonchev–Trinajstić information content (AvgIpc) is 3.08. The highest BCUT2D eigenvalue weighted by molar-refractivity contribution is 5.97. The summed E-state index contributed by atoms with van der Waals surface area (Å²) >= 11 is 0. The highest BCUT2D eigenvalue weighted by Crippen LogP contribution is 2.45. The second-order valence-electron chi connectivity index (χ2n) is 8.34. The molecule has 3 aliphatic rings. The van der Waals surface area contributed by atoms with Crippen LogP contribution in [-0.2, 0) is 16.6 Å². The van der Waals surface area contributed by atoms with E-state index in [0.717, 1.165) is 70.5 Å². The van der Waals surface area contributed by atoms with E-state index in [4.69, 9.17) is 0 Å². The predicted octanol–water partition coefficient (Wildman–Crippen LogP) is 1.64. The second-order valence-corrected chi connectivity index (χ2v) is 8.34. The van der Waals surface area contributed by atoms with E-state index in [-0.39, 0.29) is 17.4 Å². The Balaban J connectivity index is 1.37. The van der Waals surface area contributed by atoms with Crippen LogP contribution < -0.4 is 4.90 Å². The van der Waals surface area contributed by atoms with Gasteiger partial charge in [0.15, 0.2) is 0 Å². The summed E-state index contributed by atoms with van der Waals surface area (Å²) in [7, 11) is 1.87. The Labute approximate surface area is 161 Å². The molecule has 3 fully saturated rings. The van der Waals surface area contributed by atoms with Crippen LogP contribution in [0.1, 0.15) is 45.4 Å². The molecule has 0 unspecified atom stereocenters. The number of piperazine rings is 1. The molecule has 0 spiro atoms. The fourth-order valence-corrected chi connectivity index (χ4v) is 4.89. The van der Waals surface area contributed by atoms with Crippen molar-refractivity contribution in [2.75, 3.05) is 37.6 Å². The van der Waals surface area contributed by atoms with Gasteiger partial charge in [-0.25, -0.2) is 0 Å². The summed E-state index contributed by atoms with van der Waals surface area (Å²) < 4.78 is 1.74. The lowest BCUT2D eigenvalue weighted by molar-refractivity contribution is -0.150. The van der Waals surface area contributed by atoms with Crippen molar-refractivity contribution < 1.29 is 9.59 Å². The van der Waals surface area contributed by atoms with Gasteiger partial charge in [0.25, 0.3) is 0 Å². The number of rotatable bonds is 4. The average molecular weight is 374 g/mol. The maximum Gasteiger partial charge on any atom is 0.244 e. The first kappa shape index (κ1) is 18.5. The lowest BCUT2D eigenvalue weighted by atomic mass is 9.66. The Bertz CT molecular complexity index is 697. The molecule has 1 saturated carbocycles. The van der Waals surface area contributed by atoms with Crippen molar-refractivity contribution in [1.29, 1.82) is 0 Å². The smallest absolute Gasteiger partial charge is 0.244 e. The largest absolute Gasteiger partial charge is 0.340 e. The van der Waals surface area contributed by atoms with Gasteiger partial charge in [0.2, 0.25) is 11.8 Å². The molecular formula is C20H31N5O2. The zero-order valence-corrected chi connectivity index (χ0v) is 16.6. The summed E-state index contributed by atoms with van der Waals surface area (Å²) in [6.45, 7) is 5.99. The van der Waals surface area contributed by atoms with Crippen molar-refractivity contribution >= 4 is 17.5 Å². The molecule has 3 heterocycles. The Kier molecular flexibility index (Phi) is 4.97. The monoisotopic (exact) mass is 373 g/mol. The van der Waals surface area contributed by atoms with Crippen molar-refractivity contribution in [2.45, 2.75) is 51.5 Å². The van der Waals surface area contributed by atoms with E-state index in [1.807, 2.05) is 23.0 Å². The SMILES string of the molecule is CCC1(C(=O)N2CCN([C@H]3CCCN(c4cnn(C)c4)C3=O)CC2)CCC1. The van der Waals surface area contributed by atoms with Crippen LogP contribution in [0.4, 0.5) is 5.69 Å². The lowest BCUT2D eigenvalue weighted by Crippen LogP contribution is -2.60. The van der Waals surface area contributed by atoms with Gasteiger partial charge in [0.1, 0.15) is 0 Å². The molecule has 2 saturated heterocycles. The van der Waals surface area contributed by atoms with Crippen molar-refractivity contribution in [2.24, 2.45) is 12.5 Å². The molecule has 0 radical (unpaired) electrons. The van der Waals surface area contributed by atoms with E-state index in [1.54, 1.807) is 10.9 Å². The van der Waals surface area contributed by atoms with E-state index < -0.39 is 0 Å². The van der Waals surface area contributed by atoms with E-state index in [1.165, 1.54) is 6.42 Å². The standard InChI is InChI=1S/C20H31N5O2/c1-3-20(7-5-8-20)19(27)24-12-10-23(11-13-24)17-6-4-9-25(18(17)26)16-14-21-22(2)15-16/h14-15,17H,3-13H2,1-2H3/t17-/m0/s1. The molecule has 2 aliphatic heterocycles. The van der Waals surface area contributed by atoms with Gasteiger partial charge in [-0.2, -0.15) is 5.10 Å². The number of carbonyl (C=O) groups excluding carboxylic acids is 2. The maximum atomic E-state index is 13.1. The van der Waals surface area contributed by atoms with Gasteiger partial charge in [0.05, 0.1) is 17.9 Å². The molecule has 7 heteroatoms. The van der Waals surface area contributed by atoms with E-state index in [0.29, 0.717) is 5.91 Å². The van der Waals surface area contributed by atoms with Crippen molar-refractivity contribution in [3.05, 3.63) is 12.4 Å². The number of aromatic nitrogens is 2. The molecule has 4 rings (SSSR count). The molecule has 0 bridgehead atoms. The van der Waals surface area contributed by atoms with Crippen LogP contribution in [0.3, 0.4) is 0 Å². The van der Waals surface area contributed by atoms with Crippen LogP contribution in [0.2, 0.25) is 0 Å². The number of anilines is 1. The Hall–Kier alpha value is -1.89. The summed E-state index contributed by atoms with van der Waals surface area (Å²) in [6, 6.07) is -0.0694. The number of nitrogens with zero attached hydrogens (tertiary/aromatic N) is 5. The van der Waals surface area contributed by atoms with Gasteiger partial charge < -0.3 is 9.80 Å². The summed E-state index contributed by atoms with van der Waals surface area (Å²) in [4.78, 5) is 32.2. The minimum atomic E-state index is -0.0834.